The second-order valence-corrected chi connectivity index (χ2v) is 6.09. The maximum atomic E-state index is 11.8. The lowest BCUT2D eigenvalue weighted by atomic mass is 10.5. The number of nitrogens with zero attached hydrogens (tertiary/aromatic N) is 2. The molecule has 0 bridgehead atoms. The van der Waals surface area contributed by atoms with Crippen LogP contribution in [0.25, 0.3) is 0 Å². The predicted octanol–water partition coefficient (Wildman–Crippen LogP) is -0.330. The van der Waals surface area contributed by atoms with Crippen molar-refractivity contribution in [1.29, 1.82) is 0 Å². The largest absolute Gasteiger partial charge is 0.368 e. The summed E-state index contributed by atoms with van der Waals surface area (Å²) >= 11 is 2.00. The van der Waals surface area contributed by atoms with Gasteiger partial charge in [0.2, 0.25) is 0 Å². The summed E-state index contributed by atoms with van der Waals surface area (Å²) in [6.45, 7) is 0. The highest BCUT2D eigenvalue weighted by Crippen LogP contribution is 2.35. The number of aliphatic hydroxyl groups is 1. The van der Waals surface area contributed by atoms with E-state index in [-0.39, 0.29) is 16.0 Å². The fourth-order valence-corrected chi connectivity index (χ4v) is 4.46. The molecule has 0 saturated heterocycles. The third-order valence-electron chi connectivity index (χ3n) is 2.96. The molecule has 1 amide bonds. The standard InChI is InChI=1S/C10H8N2O4S2/c1-11-7(13)3-4(8(11)14)18-6-5(17-3)9(15)12(2)10(6)16/h7,13H,1-2H3. The van der Waals surface area contributed by atoms with Gasteiger partial charge in [-0.25, -0.2) is 0 Å². The maximum absolute atomic E-state index is 11.8. The highest BCUT2D eigenvalue weighted by Gasteiger charge is 2.35. The van der Waals surface area contributed by atoms with Crippen molar-refractivity contribution in [3.63, 3.8) is 0 Å². The van der Waals surface area contributed by atoms with Crippen molar-refractivity contribution in [2.45, 2.75) is 6.23 Å². The summed E-state index contributed by atoms with van der Waals surface area (Å²) in [6.07, 6.45) is -1.03. The zero-order chi connectivity index (χ0) is 13.2. The fourth-order valence-electron chi connectivity index (χ4n) is 1.85. The van der Waals surface area contributed by atoms with Gasteiger partial charge in [0.15, 0.2) is 6.23 Å². The number of aliphatic hydroxyl groups excluding tert-OH is 1. The van der Waals surface area contributed by atoms with E-state index in [1.165, 1.54) is 19.0 Å². The second-order valence-electron chi connectivity index (χ2n) is 4.01. The summed E-state index contributed by atoms with van der Waals surface area (Å²) in [5, 5.41) is 9.88. The zero-order valence-corrected chi connectivity index (χ0v) is 11.1. The normalized spacial score (nSPS) is 18.7. The van der Waals surface area contributed by atoms with Crippen molar-refractivity contribution < 1.29 is 9.90 Å². The molecule has 6 nitrogen and oxygen atoms in total. The van der Waals surface area contributed by atoms with Gasteiger partial charge in [-0.3, -0.25) is 19.0 Å². The Balaban J connectivity index is 2.52. The van der Waals surface area contributed by atoms with Gasteiger partial charge in [-0.15, -0.1) is 22.7 Å². The second kappa shape index (κ2) is 3.50. The lowest BCUT2D eigenvalue weighted by Crippen LogP contribution is -2.23. The van der Waals surface area contributed by atoms with Crippen molar-refractivity contribution in [2.75, 3.05) is 7.05 Å². The van der Waals surface area contributed by atoms with Crippen LogP contribution in [0.3, 0.4) is 0 Å². The van der Waals surface area contributed by atoms with E-state index in [9.17, 15) is 19.5 Å². The van der Waals surface area contributed by atoms with E-state index >= 15 is 0 Å². The molecule has 3 aliphatic rings. The van der Waals surface area contributed by atoms with E-state index in [0.717, 1.165) is 27.2 Å². The first-order valence-corrected chi connectivity index (χ1v) is 6.68. The molecule has 0 radical (unpaired) electrons. The van der Waals surface area contributed by atoms with Crippen LogP contribution in [-0.2, 0) is 7.05 Å². The fraction of sp³-hybridized carbons (Fsp3) is 0.300. The lowest BCUT2D eigenvalue weighted by Gasteiger charge is -2.12. The zero-order valence-electron chi connectivity index (χ0n) is 9.46. The lowest BCUT2D eigenvalue weighted by molar-refractivity contribution is 0.0315. The average molecular weight is 284 g/mol. The number of aromatic nitrogens is 1. The Hall–Kier alpha value is -1.51. The van der Waals surface area contributed by atoms with Gasteiger partial charge in [0.25, 0.3) is 17.0 Å². The maximum Gasteiger partial charge on any atom is 0.272 e. The first kappa shape index (κ1) is 11.6. The SMILES string of the molecule is CN1C(=O)c2sc3c(=O)n(C)c(=O)c=3sc2C1O. The van der Waals surface area contributed by atoms with Crippen LogP contribution >= 0.6 is 22.7 Å². The van der Waals surface area contributed by atoms with Gasteiger partial charge in [-0.1, -0.05) is 0 Å². The molecule has 0 aliphatic carbocycles. The van der Waals surface area contributed by atoms with E-state index in [2.05, 4.69) is 0 Å². The third kappa shape index (κ3) is 1.22. The van der Waals surface area contributed by atoms with Crippen LogP contribution < -0.4 is 11.1 Å². The number of amides is 1. The van der Waals surface area contributed by atoms with E-state index < -0.39 is 11.8 Å². The molecular formula is C10H8N2O4S2. The Bertz CT molecular complexity index is 846. The Labute approximate surface area is 108 Å². The first-order valence-electron chi connectivity index (χ1n) is 5.05. The molecule has 0 saturated carbocycles. The minimum absolute atomic E-state index is 0.280. The van der Waals surface area contributed by atoms with Crippen molar-refractivity contribution in [3.05, 3.63) is 39.5 Å². The molecule has 3 heterocycles. The quantitative estimate of drug-likeness (QED) is 0.718. The molecule has 3 aliphatic heterocycles. The summed E-state index contributed by atoms with van der Waals surface area (Å²) in [4.78, 5) is 37.4. The topological polar surface area (TPSA) is 79.6 Å². The number of carbonyl (C=O) groups is 1. The summed E-state index contributed by atoms with van der Waals surface area (Å²) in [6, 6.07) is 0. The van der Waals surface area contributed by atoms with Crippen molar-refractivity contribution in [3.8, 4) is 0 Å². The number of hydrogen-bond donors (Lipinski definition) is 1. The Morgan fingerprint density at radius 3 is 2.22 bits per heavy atom. The molecule has 1 unspecified atom stereocenters. The molecule has 1 N–H and O–H groups in total. The number of fused-ring (bicyclic) bond motifs is 1. The minimum atomic E-state index is -1.03. The van der Waals surface area contributed by atoms with Gasteiger partial charge >= 0.3 is 0 Å². The van der Waals surface area contributed by atoms with E-state index in [1.54, 1.807) is 0 Å². The number of rotatable bonds is 0. The van der Waals surface area contributed by atoms with Crippen molar-refractivity contribution in [1.82, 2.24) is 9.47 Å². The van der Waals surface area contributed by atoms with Crippen molar-refractivity contribution in [2.24, 2.45) is 7.05 Å². The highest BCUT2D eigenvalue weighted by atomic mass is 32.1. The Morgan fingerprint density at radius 1 is 1.06 bits per heavy atom. The smallest absolute Gasteiger partial charge is 0.272 e. The summed E-state index contributed by atoms with van der Waals surface area (Å²) in [5.41, 5.74) is -0.774. The molecule has 8 heteroatoms. The summed E-state index contributed by atoms with van der Waals surface area (Å²) < 4.78 is 1.60. The van der Waals surface area contributed by atoms with Crippen LogP contribution in [0.5, 0.6) is 0 Å². The average Bonchev–Trinajstić information content (AvgIpc) is 2.71. The van der Waals surface area contributed by atoms with Crippen LogP contribution in [0.15, 0.2) is 9.59 Å². The molecule has 0 aromatic heterocycles. The number of carbonyl (C=O) groups excluding carboxylic acids is 1. The van der Waals surface area contributed by atoms with Crippen LogP contribution in [0.1, 0.15) is 20.8 Å². The molecule has 18 heavy (non-hydrogen) atoms. The molecule has 3 rings (SSSR count). The molecule has 0 fully saturated rings. The van der Waals surface area contributed by atoms with Crippen molar-refractivity contribution >= 4 is 28.6 Å². The van der Waals surface area contributed by atoms with Crippen LogP contribution in [0, 0.1) is 9.06 Å². The molecule has 1 atom stereocenters. The van der Waals surface area contributed by atoms with Gasteiger partial charge in [0.05, 0.1) is 4.88 Å². The molecule has 94 valence electrons. The highest BCUT2D eigenvalue weighted by molar-refractivity contribution is 7.19. The van der Waals surface area contributed by atoms with Gasteiger partial charge in [0, 0.05) is 14.1 Å². The van der Waals surface area contributed by atoms with E-state index in [1.807, 2.05) is 0 Å². The molecular weight excluding hydrogens is 276 g/mol. The van der Waals surface area contributed by atoms with Crippen LogP contribution in [-0.4, -0.2) is 27.5 Å². The van der Waals surface area contributed by atoms with Crippen LogP contribution in [0.4, 0.5) is 0 Å². The Morgan fingerprint density at radius 2 is 1.61 bits per heavy atom. The molecule has 0 aromatic rings. The number of hydrogen-bond acceptors (Lipinski definition) is 6. The Kier molecular flexibility index (Phi) is 2.25. The summed E-state index contributed by atoms with van der Waals surface area (Å²) in [7, 11) is 2.88. The van der Waals surface area contributed by atoms with Crippen LogP contribution in [0.2, 0.25) is 0 Å². The summed E-state index contributed by atoms with van der Waals surface area (Å²) in [5.74, 6) is -0.323. The molecule has 0 spiro atoms. The van der Waals surface area contributed by atoms with Gasteiger partial charge < -0.3 is 10.0 Å². The third-order valence-corrected chi connectivity index (χ3v) is 5.62. The van der Waals surface area contributed by atoms with Gasteiger partial charge in [-0.2, -0.15) is 0 Å². The monoisotopic (exact) mass is 284 g/mol. The van der Waals surface area contributed by atoms with Gasteiger partial charge in [0.1, 0.15) is 13.9 Å². The first-order chi connectivity index (χ1) is 8.43. The molecule has 0 aromatic carbocycles. The van der Waals surface area contributed by atoms with E-state index in [4.69, 9.17) is 0 Å². The van der Waals surface area contributed by atoms with Gasteiger partial charge in [-0.05, 0) is 0 Å². The van der Waals surface area contributed by atoms with E-state index in [0.29, 0.717) is 14.3 Å². The predicted molar refractivity (Wildman–Crippen MR) is 66.1 cm³/mol. The minimum Gasteiger partial charge on any atom is -0.368 e.